The van der Waals surface area contributed by atoms with Crippen LogP contribution in [-0.4, -0.2) is 87.9 Å². The highest BCUT2D eigenvalue weighted by Gasteiger charge is 2.51. The number of nitrogens with zero attached hydrogens (tertiary/aromatic N) is 3. The van der Waals surface area contributed by atoms with E-state index in [1.165, 1.54) is 0 Å². The molecule has 0 radical (unpaired) electrons. The standard InChI is InChI=1S/C23H30N4O4/c1-15-4-5-18(19(28)10-15)21(30)25-13-17(14-25)27-12-16(11-20(27)29)24-22(31)23-6-2-8-26(23)9-3-7-23/h4-5,10,16-17,28H,2-3,6-9,11-14H2,1H3,(H,24,31). The number of hydrogen-bond acceptors (Lipinski definition) is 5. The highest BCUT2D eigenvalue weighted by molar-refractivity contribution is 5.97. The second kappa shape index (κ2) is 7.51. The van der Waals surface area contributed by atoms with Crippen LogP contribution in [0.5, 0.6) is 5.75 Å². The number of nitrogens with one attached hydrogen (secondary N) is 1. The van der Waals surface area contributed by atoms with E-state index < -0.39 is 0 Å². The van der Waals surface area contributed by atoms with E-state index in [9.17, 15) is 19.5 Å². The molecule has 4 heterocycles. The second-order valence-electron chi connectivity index (χ2n) is 9.53. The monoisotopic (exact) mass is 426 g/mol. The Labute approximate surface area is 182 Å². The van der Waals surface area contributed by atoms with Crippen molar-refractivity contribution in [3.8, 4) is 5.75 Å². The molecule has 5 rings (SSSR count). The minimum absolute atomic E-state index is 0.0132. The zero-order valence-corrected chi connectivity index (χ0v) is 18.0. The molecule has 0 bridgehead atoms. The first-order valence-electron chi connectivity index (χ1n) is 11.3. The summed E-state index contributed by atoms with van der Waals surface area (Å²) in [5, 5.41) is 13.2. The molecule has 0 spiro atoms. The Morgan fingerprint density at radius 1 is 1.13 bits per heavy atom. The summed E-state index contributed by atoms with van der Waals surface area (Å²) in [5.74, 6) is -0.109. The van der Waals surface area contributed by atoms with E-state index in [-0.39, 0.29) is 41.1 Å². The summed E-state index contributed by atoms with van der Waals surface area (Å²) in [5.41, 5.74) is 0.828. The SMILES string of the molecule is Cc1ccc(C(=O)N2CC(N3CC(NC(=O)C45CCCN4CCC5)CC3=O)C2)c(O)c1. The highest BCUT2D eigenvalue weighted by Crippen LogP contribution is 2.39. The second-order valence-corrected chi connectivity index (χ2v) is 9.53. The molecule has 4 aliphatic heterocycles. The number of aryl methyl sites for hydroxylation is 1. The van der Waals surface area contributed by atoms with Crippen LogP contribution in [0.4, 0.5) is 0 Å². The summed E-state index contributed by atoms with van der Waals surface area (Å²) in [6, 6.07) is 4.83. The number of hydrogen-bond donors (Lipinski definition) is 2. The van der Waals surface area contributed by atoms with E-state index in [1.54, 1.807) is 23.1 Å². The molecule has 4 saturated heterocycles. The number of carbonyl (C=O) groups is 3. The first kappa shape index (κ1) is 20.3. The average molecular weight is 427 g/mol. The van der Waals surface area contributed by atoms with Gasteiger partial charge >= 0.3 is 0 Å². The molecule has 1 aromatic carbocycles. The molecule has 2 N–H and O–H groups in total. The first-order chi connectivity index (χ1) is 14.9. The third kappa shape index (κ3) is 3.37. The van der Waals surface area contributed by atoms with Crippen molar-refractivity contribution in [3.63, 3.8) is 0 Å². The van der Waals surface area contributed by atoms with E-state index in [4.69, 9.17) is 0 Å². The summed E-state index contributed by atoms with van der Waals surface area (Å²) in [7, 11) is 0. The number of rotatable bonds is 4. The van der Waals surface area contributed by atoms with Crippen molar-refractivity contribution in [2.24, 2.45) is 0 Å². The van der Waals surface area contributed by atoms with Gasteiger partial charge in [0.2, 0.25) is 11.8 Å². The molecule has 4 fully saturated rings. The minimum Gasteiger partial charge on any atom is -0.507 e. The predicted octanol–water partition coefficient (Wildman–Crippen LogP) is 0.871. The third-order valence-electron chi connectivity index (χ3n) is 7.53. The third-order valence-corrected chi connectivity index (χ3v) is 7.53. The molecule has 0 aromatic heterocycles. The molecule has 0 saturated carbocycles. The molecule has 166 valence electrons. The summed E-state index contributed by atoms with van der Waals surface area (Å²) >= 11 is 0. The van der Waals surface area contributed by atoms with Crippen molar-refractivity contribution in [3.05, 3.63) is 29.3 Å². The topological polar surface area (TPSA) is 93.2 Å². The molecule has 1 aromatic rings. The van der Waals surface area contributed by atoms with Crippen molar-refractivity contribution in [2.45, 2.75) is 56.7 Å². The summed E-state index contributed by atoms with van der Waals surface area (Å²) in [4.78, 5) is 44.1. The smallest absolute Gasteiger partial charge is 0.257 e. The molecule has 1 atom stereocenters. The number of carbonyl (C=O) groups excluding carboxylic acids is 3. The number of amides is 3. The van der Waals surface area contributed by atoms with Crippen molar-refractivity contribution in [1.29, 1.82) is 0 Å². The van der Waals surface area contributed by atoms with Crippen LogP contribution in [0, 0.1) is 6.92 Å². The summed E-state index contributed by atoms with van der Waals surface area (Å²) < 4.78 is 0. The van der Waals surface area contributed by atoms with E-state index in [0.29, 0.717) is 31.6 Å². The Hall–Kier alpha value is -2.61. The fourth-order valence-electron chi connectivity index (χ4n) is 5.79. The molecule has 31 heavy (non-hydrogen) atoms. The molecule has 1 unspecified atom stereocenters. The molecular formula is C23H30N4O4. The van der Waals surface area contributed by atoms with Gasteiger partial charge in [0.05, 0.1) is 17.6 Å². The Kier molecular flexibility index (Phi) is 4.92. The molecule has 4 aliphatic rings. The van der Waals surface area contributed by atoms with Crippen LogP contribution in [0.2, 0.25) is 0 Å². The number of aromatic hydroxyl groups is 1. The van der Waals surface area contributed by atoms with E-state index >= 15 is 0 Å². The maximum atomic E-state index is 13.1. The predicted molar refractivity (Wildman–Crippen MR) is 114 cm³/mol. The van der Waals surface area contributed by atoms with E-state index in [0.717, 1.165) is 44.3 Å². The van der Waals surface area contributed by atoms with Crippen LogP contribution in [0.15, 0.2) is 18.2 Å². The zero-order valence-electron chi connectivity index (χ0n) is 18.0. The van der Waals surface area contributed by atoms with Crippen LogP contribution in [-0.2, 0) is 9.59 Å². The maximum Gasteiger partial charge on any atom is 0.257 e. The molecule has 0 aliphatic carbocycles. The van der Waals surface area contributed by atoms with Gasteiger partial charge in [-0.25, -0.2) is 0 Å². The minimum atomic E-state index is -0.355. The number of likely N-dealkylation sites (tertiary alicyclic amines) is 2. The van der Waals surface area contributed by atoms with Gasteiger partial charge in [-0.05, 0) is 63.4 Å². The van der Waals surface area contributed by atoms with Gasteiger partial charge in [0.15, 0.2) is 0 Å². The van der Waals surface area contributed by atoms with Gasteiger partial charge in [-0.1, -0.05) is 6.07 Å². The van der Waals surface area contributed by atoms with E-state index in [1.807, 2.05) is 11.8 Å². The van der Waals surface area contributed by atoms with Gasteiger partial charge in [0.1, 0.15) is 11.3 Å². The average Bonchev–Trinajstić information content (AvgIpc) is 3.35. The Bertz CT molecular complexity index is 916. The van der Waals surface area contributed by atoms with Gasteiger partial charge in [0, 0.05) is 26.1 Å². The Balaban J connectivity index is 1.16. The van der Waals surface area contributed by atoms with Gasteiger partial charge < -0.3 is 20.2 Å². The van der Waals surface area contributed by atoms with Gasteiger partial charge in [-0.2, -0.15) is 0 Å². The van der Waals surface area contributed by atoms with Crippen molar-refractivity contribution < 1.29 is 19.5 Å². The normalized spacial score (nSPS) is 25.6. The lowest BCUT2D eigenvalue weighted by Gasteiger charge is -2.44. The van der Waals surface area contributed by atoms with Crippen LogP contribution < -0.4 is 5.32 Å². The number of fused-ring (bicyclic) bond motifs is 1. The van der Waals surface area contributed by atoms with Crippen LogP contribution in [0.25, 0.3) is 0 Å². The van der Waals surface area contributed by atoms with Crippen molar-refractivity contribution in [1.82, 2.24) is 20.0 Å². The lowest BCUT2D eigenvalue weighted by molar-refractivity contribution is -0.132. The fraction of sp³-hybridized carbons (Fsp3) is 0.609. The number of phenols is 1. The fourth-order valence-corrected chi connectivity index (χ4v) is 5.79. The van der Waals surface area contributed by atoms with Gasteiger partial charge in [-0.15, -0.1) is 0 Å². The Morgan fingerprint density at radius 2 is 1.84 bits per heavy atom. The lowest BCUT2D eigenvalue weighted by Crippen LogP contribution is -2.62. The number of phenolic OH excluding ortho intramolecular Hbond substituents is 1. The molecule has 3 amide bonds. The summed E-state index contributed by atoms with van der Waals surface area (Å²) in [6.45, 7) is 5.26. The summed E-state index contributed by atoms with van der Waals surface area (Å²) in [6.07, 6.45) is 4.27. The molecule has 8 heteroatoms. The zero-order chi connectivity index (χ0) is 21.8. The van der Waals surface area contributed by atoms with Gasteiger partial charge in [-0.3, -0.25) is 19.3 Å². The van der Waals surface area contributed by atoms with Crippen LogP contribution in [0.3, 0.4) is 0 Å². The van der Waals surface area contributed by atoms with E-state index in [2.05, 4.69) is 10.2 Å². The van der Waals surface area contributed by atoms with Crippen molar-refractivity contribution >= 4 is 17.7 Å². The van der Waals surface area contributed by atoms with Gasteiger partial charge in [0.25, 0.3) is 5.91 Å². The molecule has 8 nitrogen and oxygen atoms in total. The first-order valence-corrected chi connectivity index (χ1v) is 11.3. The number of benzene rings is 1. The Morgan fingerprint density at radius 3 is 2.52 bits per heavy atom. The lowest BCUT2D eigenvalue weighted by atomic mass is 9.92. The largest absolute Gasteiger partial charge is 0.507 e. The van der Waals surface area contributed by atoms with Crippen LogP contribution >= 0.6 is 0 Å². The molecular weight excluding hydrogens is 396 g/mol. The highest BCUT2D eigenvalue weighted by atomic mass is 16.3. The van der Waals surface area contributed by atoms with Crippen LogP contribution in [0.1, 0.15) is 48.0 Å². The quantitative estimate of drug-likeness (QED) is 0.745. The maximum absolute atomic E-state index is 13.1. The van der Waals surface area contributed by atoms with Crippen molar-refractivity contribution in [2.75, 3.05) is 32.7 Å².